The summed E-state index contributed by atoms with van der Waals surface area (Å²) in [4.78, 5) is 31.1. The number of benzene rings is 2. The molecule has 0 unspecified atom stereocenters. The zero-order chi connectivity index (χ0) is 21.1. The fourth-order valence-electron chi connectivity index (χ4n) is 3.74. The number of nitrogens with zero attached hydrogens (tertiary/aromatic N) is 3. The highest BCUT2D eigenvalue weighted by molar-refractivity contribution is 5.95. The van der Waals surface area contributed by atoms with Crippen LogP contribution in [-0.4, -0.2) is 47.0 Å². The standard InChI is InChI=1S/C23H24N4O3/c1-3-19(15-8-5-4-6-9-15)23(29)27-13-18(14-27)22-25-20(26-30-22)16-10-7-11-17(12-16)21(28)24-2/h4-12,18-19H,3,13-14H2,1-2H3,(H,24,28)/t19-/m0/s1. The molecule has 2 amide bonds. The van der Waals surface area contributed by atoms with Gasteiger partial charge in [0, 0.05) is 31.3 Å². The number of rotatable bonds is 6. The molecule has 7 nitrogen and oxygen atoms in total. The lowest BCUT2D eigenvalue weighted by atomic mass is 9.91. The highest BCUT2D eigenvalue weighted by atomic mass is 16.5. The first-order valence-corrected chi connectivity index (χ1v) is 10.1. The molecule has 1 atom stereocenters. The molecule has 30 heavy (non-hydrogen) atoms. The van der Waals surface area contributed by atoms with Gasteiger partial charge in [-0.15, -0.1) is 0 Å². The second-order valence-corrected chi connectivity index (χ2v) is 7.43. The van der Waals surface area contributed by atoms with E-state index in [1.54, 1.807) is 25.2 Å². The summed E-state index contributed by atoms with van der Waals surface area (Å²) in [5, 5.41) is 6.67. The molecule has 1 aromatic heterocycles. The van der Waals surface area contributed by atoms with Crippen LogP contribution in [0, 0.1) is 0 Å². The van der Waals surface area contributed by atoms with Gasteiger partial charge in [0.25, 0.3) is 5.91 Å². The van der Waals surface area contributed by atoms with Crippen molar-refractivity contribution in [1.29, 1.82) is 0 Å². The minimum absolute atomic E-state index is 0.0330. The van der Waals surface area contributed by atoms with Gasteiger partial charge in [-0.2, -0.15) is 4.98 Å². The Kier molecular flexibility index (Phi) is 5.61. The summed E-state index contributed by atoms with van der Waals surface area (Å²) in [6.07, 6.45) is 0.760. The summed E-state index contributed by atoms with van der Waals surface area (Å²) in [5.41, 5.74) is 2.30. The van der Waals surface area contributed by atoms with Crippen molar-refractivity contribution < 1.29 is 14.1 Å². The third-order valence-corrected chi connectivity index (χ3v) is 5.50. The molecule has 7 heteroatoms. The Balaban J connectivity index is 1.42. The van der Waals surface area contributed by atoms with E-state index in [4.69, 9.17) is 4.52 Å². The smallest absolute Gasteiger partial charge is 0.251 e. The van der Waals surface area contributed by atoms with Crippen molar-refractivity contribution in [2.45, 2.75) is 25.2 Å². The average molecular weight is 404 g/mol. The molecule has 1 aliphatic rings. The summed E-state index contributed by atoms with van der Waals surface area (Å²) in [6, 6.07) is 17.0. The summed E-state index contributed by atoms with van der Waals surface area (Å²) in [6.45, 7) is 3.17. The van der Waals surface area contributed by atoms with E-state index in [1.165, 1.54) is 0 Å². The first-order chi connectivity index (χ1) is 14.6. The Morgan fingerprint density at radius 1 is 1.17 bits per heavy atom. The SMILES string of the molecule is CC[C@H](C(=O)N1CC(c2nc(-c3cccc(C(=O)NC)c3)no2)C1)c1ccccc1. The van der Waals surface area contributed by atoms with E-state index >= 15 is 0 Å². The fraction of sp³-hybridized carbons (Fsp3) is 0.304. The minimum atomic E-state index is -0.169. The third-order valence-electron chi connectivity index (χ3n) is 5.50. The maximum atomic E-state index is 12.9. The van der Waals surface area contributed by atoms with Crippen molar-refractivity contribution in [3.05, 3.63) is 71.6 Å². The van der Waals surface area contributed by atoms with Crippen molar-refractivity contribution in [1.82, 2.24) is 20.4 Å². The molecule has 0 bridgehead atoms. The van der Waals surface area contributed by atoms with Crippen molar-refractivity contribution in [2.24, 2.45) is 0 Å². The normalized spacial score (nSPS) is 14.8. The summed E-state index contributed by atoms with van der Waals surface area (Å²) >= 11 is 0. The van der Waals surface area contributed by atoms with E-state index in [1.807, 2.05) is 48.2 Å². The summed E-state index contributed by atoms with van der Waals surface area (Å²) < 4.78 is 5.45. The second-order valence-electron chi connectivity index (χ2n) is 7.43. The molecule has 0 aliphatic carbocycles. The fourth-order valence-corrected chi connectivity index (χ4v) is 3.74. The topological polar surface area (TPSA) is 88.3 Å². The molecule has 0 radical (unpaired) electrons. The second kappa shape index (κ2) is 8.49. The molecule has 154 valence electrons. The lowest BCUT2D eigenvalue weighted by Crippen LogP contribution is -2.50. The molecular weight excluding hydrogens is 380 g/mol. The average Bonchev–Trinajstić information content (AvgIpc) is 3.23. The van der Waals surface area contributed by atoms with Gasteiger partial charge in [0.2, 0.25) is 17.6 Å². The maximum absolute atomic E-state index is 12.9. The third kappa shape index (κ3) is 3.83. The monoisotopic (exact) mass is 404 g/mol. The van der Waals surface area contributed by atoms with Gasteiger partial charge in [-0.25, -0.2) is 0 Å². The highest BCUT2D eigenvalue weighted by Gasteiger charge is 2.38. The molecule has 1 saturated heterocycles. The molecule has 2 heterocycles. The Hall–Kier alpha value is -3.48. The number of carbonyl (C=O) groups is 2. The van der Waals surface area contributed by atoms with Crippen LogP contribution in [-0.2, 0) is 4.79 Å². The predicted octanol–water partition coefficient (Wildman–Crippen LogP) is 3.22. The van der Waals surface area contributed by atoms with Crippen LogP contribution in [0.2, 0.25) is 0 Å². The Bertz CT molecular complexity index is 1040. The van der Waals surface area contributed by atoms with Gasteiger partial charge >= 0.3 is 0 Å². The van der Waals surface area contributed by atoms with Gasteiger partial charge in [0.1, 0.15) is 0 Å². The van der Waals surface area contributed by atoms with Crippen molar-refractivity contribution in [3.8, 4) is 11.4 Å². The van der Waals surface area contributed by atoms with Crippen LogP contribution in [0.5, 0.6) is 0 Å². The zero-order valence-corrected chi connectivity index (χ0v) is 17.0. The van der Waals surface area contributed by atoms with Crippen LogP contribution >= 0.6 is 0 Å². The van der Waals surface area contributed by atoms with Gasteiger partial charge in [0.05, 0.1) is 11.8 Å². The van der Waals surface area contributed by atoms with Gasteiger partial charge in [-0.3, -0.25) is 9.59 Å². The zero-order valence-electron chi connectivity index (χ0n) is 17.0. The molecule has 1 N–H and O–H groups in total. The molecule has 2 aromatic carbocycles. The van der Waals surface area contributed by atoms with Crippen molar-refractivity contribution in [3.63, 3.8) is 0 Å². The lowest BCUT2D eigenvalue weighted by Gasteiger charge is -2.39. The number of likely N-dealkylation sites (tertiary alicyclic amines) is 1. The van der Waals surface area contributed by atoms with Crippen molar-refractivity contribution >= 4 is 11.8 Å². The van der Waals surface area contributed by atoms with E-state index < -0.39 is 0 Å². The van der Waals surface area contributed by atoms with E-state index in [2.05, 4.69) is 15.5 Å². The van der Waals surface area contributed by atoms with Crippen LogP contribution in [0.3, 0.4) is 0 Å². The molecule has 0 spiro atoms. The maximum Gasteiger partial charge on any atom is 0.251 e. The van der Waals surface area contributed by atoms with Crippen molar-refractivity contribution in [2.75, 3.05) is 20.1 Å². The number of nitrogens with one attached hydrogen (secondary N) is 1. The lowest BCUT2D eigenvalue weighted by molar-refractivity contribution is -0.137. The van der Waals surface area contributed by atoms with E-state index in [9.17, 15) is 9.59 Å². The van der Waals surface area contributed by atoms with Gasteiger partial charge < -0.3 is 14.7 Å². The molecule has 4 rings (SSSR count). The first-order valence-electron chi connectivity index (χ1n) is 10.1. The number of amides is 2. The molecule has 1 aliphatic heterocycles. The number of hydrogen-bond acceptors (Lipinski definition) is 5. The quantitative estimate of drug-likeness (QED) is 0.682. The minimum Gasteiger partial charge on any atom is -0.355 e. The van der Waals surface area contributed by atoms with Crippen LogP contribution in [0.15, 0.2) is 59.1 Å². The van der Waals surface area contributed by atoms with E-state index in [0.29, 0.717) is 35.9 Å². The van der Waals surface area contributed by atoms with Crippen LogP contribution < -0.4 is 5.32 Å². The Labute approximate surface area is 175 Å². The molecule has 1 fully saturated rings. The van der Waals surface area contributed by atoms with E-state index in [-0.39, 0.29) is 23.7 Å². The van der Waals surface area contributed by atoms with Crippen LogP contribution in [0.1, 0.15) is 47.0 Å². The summed E-state index contributed by atoms with van der Waals surface area (Å²) in [5.74, 6) is 0.836. The summed E-state index contributed by atoms with van der Waals surface area (Å²) in [7, 11) is 1.59. The molecule has 3 aromatic rings. The van der Waals surface area contributed by atoms with Crippen LogP contribution in [0.4, 0.5) is 0 Å². The number of carbonyl (C=O) groups excluding carboxylic acids is 2. The largest absolute Gasteiger partial charge is 0.355 e. The van der Waals surface area contributed by atoms with Gasteiger partial charge in [-0.05, 0) is 24.1 Å². The molecule has 0 saturated carbocycles. The van der Waals surface area contributed by atoms with Gasteiger partial charge in [0.15, 0.2) is 0 Å². The Morgan fingerprint density at radius 3 is 2.63 bits per heavy atom. The number of hydrogen-bond donors (Lipinski definition) is 1. The van der Waals surface area contributed by atoms with Gasteiger partial charge in [-0.1, -0.05) is 54.5 Å². The van der Waals surface area contributed by atoms with E-state index in [0.717, 1.165) is 12.0 Å². The Morgan fingerprint density at radius 2 is 1.93 bits per heavy atom. The molecular formula is C23H24N4O3. The van der Waals surface area contributed by atoms with Crippen LogP contribution in [0.25, 0.3) is 11.4 Å². The number of aromatic nitrogens is 2. The predicted molar refractivity (Wildman–Crippen MR) is 112 cm³/mol. The first kappa shape index (κ1) is 19.8. The highest BCUT2D eigenvalue weighted by Crippen LogP contribution is 2.31.